The van der Waals surface area contributed by atoms with E-state index in [2.05, 4.69) is 24.1 Å². The Hall–Kier alpha value is -0.0800. The monoisotopic (exact) mass is 210 g/mol. The first-order valence-corrected chi connectivity index (χ1v) is 6.74. The predicted octanol–water partition coefficient (Wildman–Crippen LogP) is 2.25. The van der Waals surface area contributed by atoms with Crippen molar-refractivity contribution >= 4 is 0 Å². The molecule has 0 bridgehead atoms. The van der Waals surface area contributed by atoms with Crippen molar-refractivity contribution < 1.29 is 0 Å². The zero-order chi connectivity index (χ0) is 10.7. The lowest BCUT2D eigenvalue weighted by molar-refractivity contribution is 0.0753. The Morgan fingerprint density at radius 3 is 2.73 bits per heavy atom. The van der Waals surface area contributed by atoms with Crippen LogP contribution in [0.5, 0.6) is 0 Å². The Kier molecular flexibility index (Phi) is 4.04. The molecule has 2 saturated heterocycles. The highest BCUT2D eigenvalue weighted by atomic mass is 15.2. The molecule has 0 radical (unpaired) electrons. The summed E-state index contributed by atoms with van der Waals surface area (Å²) in [7, 11) is 0. The van der Waals surface area contributed by atoms with Crippen molar-refractivity contribution in [3.63, 3.8) is 0 Å². The van der Waals surface area contributed by atoms with Crippen LogP contribution in [0.2, 0.25) is 0 Å². The normalized spacial score (nSPS) is 40.0. The average Bonchev–Trinajstić information content (AvgIpc) is 2.46. The van der Waals surface area contributed by atoms with E-state index < -0.39 is 0 Å². The highest BCUT2D eigenvalue weighted by molar-refractivity contribution is 4.84. The van der Waals surface area contributed by atoms with Gasteiger partial charge in [-0.05, 0) is 64.6 Å². The fourth-order valence-electron chi connectivity index (χ4n) is 3.30. The quantitative estimate of drug-likeness (QED) is 0.714. The second kappa shape index (κ2) is 5.31. The maximum Gasteiger partial charge on any atom is 0.0111 e. The van der Waals surface area contributed by atoms with Gasteiger partial charge in [-0.2, -0.15) is 0 Å². The van der Waals surface area contributed by atoms with Crippen molar-refractivity contribution in [3.8, 4) is 0 Å². The zero-order valence-corrected chi connectivity index (χ0v) is 10.3. The van der Waals surface area contributed by atoms with Crippen LogP contribution in [0.25, 0.3) is 0 Å². The van der Waals surface area contributed by atoms with Crippen molar-refractivity contribution in [2.24, 2.45) is 5.92 Å². The number of nitrogens with zero attached hydrogens (tertiary/aromatic N) is 1. The molecular weight excluding hydrogens is 184 g/mol. The van der Waals surface area contributed by atoms with Gasteiger partial charge in [-0.3, -0.25) is 4.90 Å². The largest absolute Gasteiger partial charge is 0.317 e. The van der Waals surface area contributed by atoms with Crippen LogP contribution in [-0.2, 0) is 0 Å². The number of hydrogen-bond acceptors (Lipinski definition) is 2. The van der Waals surface area contributed by atoms with Crippen LogP contribution in [0.1, 0.15) is 46.0 Å². The first-order chi connectivity index (χ1) is 7.27. The highest BCUT2D eigenvalue weighted by Crippen LogP contribution is 2.26. The van der Waals surface area contributed by atoms with Crippen molar-refractivity contribution in [2.75, 3.05) is 19.6 Å². The molecule has 2 heteroatoms. The van der Waals surface area contributed by atoms with Crippen LogP contribution in [0, 0.1) is 5.92 Å². The molecule has 2 aliphatic heterocycles. The van der Waals surface area contributed by atoms with Crippen LogP contribution in [0.4, 0.5) is 0 Å². The van der Waals surface area contributed by atoms with Crippen molar-refractivity contribution in [3.05, 3.63) is 0 Å². The van der Waals surface area contributed by atoms with E-state index >= 15 is 0 Å². The Balaban J connectivity index is 1.90. The minimum absolute atomic E-state index is 0.817. The summed E-state index contributed by atoms with van der Waals surface area (Å²) in [6, 6.07) is 1.68. The van der Waals surface area contributed by atoms with E-state index in [9.17, 15) is 0 Å². The van der Waals surface area contributed by atoms with Crippen LogP contribution in [0.15, 0.2) is 0 Å². The zero-order valence-electron chi connectivity index (χ0n) is 10.3. The summed E-state index contributed by atoms with van der Waals surface area (Å²) in [6.07, 6.45) is 6.95. The lowest BCUT2D eigenvalue weighted by atomic mass is 9.91. The SMILES string of the molecule is CC1CCN(C2CCCNCC2)C(C)C1. The molecule has 88 valence electrons. The molecule has 15 heavy (non-hydrogen) atoms. The molecule has 0 amide bonds. The molecule has 3 unspecified atom stereocenters. The molecule has 3 atom stereocenters. The lowest BCUT2D eigenvalue weighted by Gasteiger charge is -2.41. The topological polar surface area (TPSA) is 15.3 Å². The third-order valence-corrected chi connectivity index (χ3v) is 4.20. The van der Waals surface area contributed by atoms with Gasteiger partial charge in [-0.1, -0.05) is 6.92 Å². The Morgan fingerprint density at radius 1 is 1.07 bits per heavy atom. The summed E-state index contributed by atoms with van der Waals surface area (Å²) in [5.41, 5.74) is 0. The second-order valence-corrected chi connectivity index (χ2v) is 5.55. The van der Waals surface area contributed by atoms with Gasteiger partial charge in [-0.25, -0.2) is 0 Å². The van der Waals surface area contributed by atoms with Gasteiger partial charge in [0.1, 0.15) is 0 Å². The molecule has 2 nitrogen and oxygen atoms in total. The van der Waals surface area contributed by atoms with E-state index in [0.29, 0.717) is 0 Å². The first kappa shape index (κ1) is 11.4. The summed E-state index contributed by atoms with van der Waals surface area (Å²) < 4.78 is 0. The third-order valence-electron chi connectivity index (χ3n) is 4.20. The fourth-order valence-corrected chi connectivity index (χ4v) is 3.30. The van der Waals surface area contributed by atoms with Gasteiger partial charge in [0.2, 0.25) is 0 Å². The van der Waals surface area contributed by atoms with Gasteiger partial charge >= 0.3 is 0 Å². The molecule has 0 aliphatic carbocycles. The molecule has 2 heterocycles. The molecule has 0 saturated carbocycles. The molecule has 2 aliphatic rings. The standard InChI is InChI=1S/C13H26N2/c1-11-6-9-15(12(2)10-11)13-4-3-7-14-8-5-13/h11-14H,3-10H2,1-2H3. The Labute approximate surface area is 94.4 Å². The maximum atomic E-state index is 3.51. The average molecular weight is 210 g/mol. The first-order valence-electron chi connectivity index (χ1n) is 6.74. The summed E-state index contributed by atoms with van der Waals surface area (Å²) in [5, 5.41) is 3.51. The minimum atomic E-state index is 0.817. The van der Waals surface area contributed by atoms with Crippen LogP contribution < -0.4 is 5.32 Å². The van der Waals surface area contributed by atoms with E-state index in [4.69, 9.17) is 0 Å². The number of likely N-dealkylation sites (tertiary alicyclic amines) is 1. The molecule has 2 rings (SSSR count). The van der Waals surface area contributed by atoms with E-state index in [0.717, 1.165) is 18.0 Å². The van der Waals surface area contributed by atoms with Crippen LogP contribution in [-0.4, -0.2) is 36.6 Å². The molecule has 0 aromatic heterocycles. The molecule has 2 fully saturated rings. The van der Waals surface area contributed by atoms with Crippen LogP contribution in [0.3, 0.4) is 0 Å². The third kappa shape index (κ3) is 2.94. The highest BCUT2D eigenvalue weighted by Gasteiger charge is 2.28. The molecule has 1 N–H and O–H groups in total. The van der Waals surface area contributed by atoms with E-state index in [1.807, 2.05) is 0 Å². The number of piperidine rings is 1. The van der Waals surface area contributed by atoms with Gasteiger partial charge in [0.25, 0.3) is 0 Å². The van der Waals surface area contributed by atoms with E-state index in [1.165, 1.54) is 51.7 Å². The Bertz CT molecular complexity index is 185. The van der Waals surface area contributed by atoms with Gasteiger partial charge in [0.05, 0.1) is 0 Å². The smallest absolute Gasteiger partial charge is 0.0111 e. The fraction of sp³-hybridized carbons (Fsp3) is 1.00. The summed E-state index contributed by atoms with van der Waals surface area (Å²) >= 11 is 0. The summed E-state index contributed by atoms with van der Waals surface area (Å²) in [5.74, 6) is 0.945. The van der Waals surface area contributed by atoms with Crippen molar-refractivity contribution in [2.45, 2.75) is 58.0 Å². The van der Waals surface area contributed by atoms with Crippen molar-refractivity contribution in [1.82, 2.24) is 10.2 Å². The predicted molar refractivity (Wildman–Crippen MR) is 65.1 cm³/mol. The van der Waals surface area contributed by atoms with Crippen LogP contribution >= 0.6 is 0 Å². The number of rotatable bonds is 1. The molecule has 0 aromatic carbocycles. The molecule has 0 spiro atoms. The van der Waals surface area contributed by atoms with E-state index in [-0.39, 0.29) is 0 Å². The van der Waals surface area contributed by atoms with Gasteiger partial charge in [-0.15, -0.1) is 0 Å². The lowest BCUT2D eigenvalue weighted by Crippen LogP contribution is -2.46. The van der Waals surface area contributed by atoms with E-state index in [1.54, 1.807) is 0 Å². The Morgan fingerprint density at radius 2 is 1.93 bits per heavy atom. The van der Waals surface area contributed by atoms with Gasteiger partial charge in [0, 0.05) is 12.1 Å². The minimum Gasteiger partial charge on any atom is -0.317 e. The van der Waals surface area contributed by atoms with Crippen molar-refractivity contribution in [1.29, 1.82) is 0 Å². The number of nitrogens with one attached hydrogen (secondary N) is 1. The summed E-state index contributed by atoms with van der Waals surface area (Å²) in [4.78, 5) is 2.78. The summed E-state index contributed by atoms with van der Waals surface area (Å²) in [6.45, 7) is 8.63. The van der Waals surface area contributed by atoms with Gasteiger partial charge < -0.3 is 5.32 Å². The maximum absolute atomic E-state index is 3.51. The molecule has 0 aromatic rings. The number of hydrogen-bond donors (Lipinski definition) is 1. The van der Waals surface area contributed by atoms with Gasteiger partial charge in [0.15, 0.2) is 0 Å². The second-order valence-electron chi connectivity index (χ2n) is 5.55. The molecular formula is C13H26N2.